The van der Waals surface area contributed by atoms with Crippen molar-refractivity contribution in [2.75, 3.05) is 5.73 Å². The van der Waals surface area contributed by atoms with Crippen LogP contribution in [0.5, 0.6) is 5.75 Å². The lowest BCUT2D eigenvalue weighted by atomic mass is 10.1. The van der Waals surface area contributed by atoms with Crippen LogP contribution in [-0.2, 0) is 0 Å². The van der Waals surface area contributed by atoms with E-state index in [1.54, 1.807) is 6.07 Å². The number of benzene rings is 1. The normalized spacial score (nSPS) is 10.8. The van der Waals surface area contributed by atoms with E-state index >= 15 is 0 Å². The molecule has 0 aliphatic rings. The second kappa shape index (κ2) is 4.49. The number of nitrogens with two attached hydrogens (primary N) is 1. The summed E-state index contributed by atoms with van der Waals surface area (Å²) in [5.74, 6) is 1.21. The molecule has 0 spiro atoms. The van der Waals surface area contributed by atoms with Crippen LogP contribution in [0.1, 0.15) is 19.4 Å². The summed E-state index contributed by atoms with van der Waals surface area (Å²) in [5, 5.41) is 3.88. The molecular weight excluding hydrogens is 216 g/mol. The number of aromatic nitrogens is 1. The third kappa shape index (κ3) is 2.58. The van der Waals surface area contributed by atoms with Crippen LogP contribution >= 0.6 is 0 Å². The summed E-state index contributed by atoms with van der Waals surface area (Å²) in [4.78, 5) is 0. The zero-order chi connectivity index (χ0) is 12.4. The number of anilines is 1. The highest BCUT2D eigenvalue weighted by Gasteiger charge is 2.07. The molecule has 1 aromatic carbocycles. The molecular formula is C13H16N2O2. The largest absolute Gasteiger partial charge is 0.491 e. The van der Waals surface area contributed by atoms with Gasteiger partial charge in [0.15, 0.2) is 0 Å². The van der Waals surface area contributed by atoms with E-state index in [4.69, 9.17) is 15.0 Å². The molecule has 2 N–H and O–H groups in total. The van der Waals surface area contributed by atoms with E-state index in [1.165, 1.54) is 0 Å². The second-order valence-corrected chi connectivity index (χ2v) is 4.26. The minimum atomic E-state index is 0.169. The van der Waals surface area contributed by atoms with Crippen LogP contribution in [0.2, 0.25) is 0 Å². The van der Waals surface area contributed by atoms with E-state index in [0.29, 0.717) is 5.88 Å². The molecule has 0 saturated heterocycles. The van der Waals surface area contributed by atoms with Gasteiger partial charge in [0, 0.05) is 11.6 Å². The lowest BCUT2D eigenvalue weighted by molar-refractivity contribution is 0.241. The summed E-state index contributed by atoms with van der Waals surface area (Å²) in [5.41, 5.74) is 8.27. The van der Waals surface area contributed by atoms with Crippen molar-refractivity contribution in [3.05, 3.63) is 29.8 Å². The van der Waals surface area contributed by atoms with Gasteiger partial charge in [0.2, 0.25) is 5.88 Å². The van der Waals surface area contributed by atoms with Crippen molar-refractivity contribution < 1.29 is 9.26 Å². The Labute approximate surface area is 100 Å². The van der Waals surface area contributed by atoms with E-state index in [2.05, 4.69) is 5.16 Å². The van der Waals surface area contributed by atoms with Crippen LogP contribution in [-0.4, -0.2) is 11.3 Å². The Hall–Kier alpha value is -1.97. The molecule has 1 heterocycles. The first kappa shape index (κ1) is 11.5. The molecule has 2 rings (SSSR count). The van der Waals surface area contributed by atoms with Crippen LogP contribution in [0.25, 0.3) is 11.3 Å². The van der Waals surface area contributed by atoms with E-state index in [-0.39, 0.29) is 6.10 Å². The minimum absolute atomic E-state index is 0.169. The maximum atomic E-state index is 5.67. The van der Waals surface area contributed by atoms with E-state index < -0.39 is 0 Å². The van der Waals surface area contributed by atoms with Crippen molar-refractivity contribution in [1.29, 1.82) is 0 Å². The number of ether oxygens (including phenoxy) is 1. The van der Waals surface area contributed by atoms with Crippen LogP contribution < -0.4 is 10.5 Å². The van der Waals surface area contributed by atoms with Gasteiger partial charge >= 0.3 is 0 Å². The number of hydrogen-bond acceptors (Lipinski definition) is 4. The number of aryl methyl sites for hydroxylation is 1. The SMILES string of the molecule is Cc1cc(-c2cc(N)on2)ccc1OC(C)C. The van der Waals surface area contributed by atoms with Crippen molar-refractivity contribution in [3.63, 3.8) is 0 Å². The number of nitrogens with zero attached hydrogens (tertiary/aromatic N) is 1. The predicted molar refractivity (Wildman–Crippen MR) is 66.9 cm³/mol. The molecule has 4 heteroatoms. The molecule has 0 saturated carbocycles. The van der Waals surface area contributed by atoms with Crippen LogP contribution in [0.4, 0.5) is 5.88 Å². The first-order chi connectivity index (χ1) is 8.06. The van der Waals surface area contributed by atoms with Gasteiger partial charge in [0.05, 0.1) is 6.10 Å². The maximum Gasteiger partial charge on any atom is 0.222 e. The monoisotopic (exact) mass is 232 g/mol. The van der Waals surface area contributed by atoms with Gasteiger partial charge in [-0.2, -0.15) is 0 Å². The first-order valence-electron chi connectivity index (χ1n) is 5.56. The lowest BCUT2D eigenvalue weighted by Crippen LogP contribution is -2.06. The van der Waals surface area contributed by atoms with Gasteiger partial charge in [-0.1, -0.05) is 5.16 Å². The van der Waals surface area contributed by atoms with Gasteiger partial charge in [0.25, 0.3) is 0 Å². The third-order valence-electron chi connectivity index (χ3n) is 2.36. The fourth-order valence-electron chi connectivity index (χ4n) is 1.62. The summed E-state index contributed by atoms with van der Waals surface area (Å²) >= 11 is 0. The van der Waals surface area contributed by atoms with Crippen molar-refractivity contribution in [2.24, 2.45) is 0 Å². The van der Waals surface area contributed by atoms with Gasteiger partial charge in [-0.3, -0.25) is 0 Å². The maximum absolute atomic E-state index is 5.67. The summed E-state index contributed by atoms with van der Waals surface area (Å²) in [6, 6.07) is 7.60. The van der Waals surface area contributed by atoms with Crippen molar-refractivity contribution >= 4 is 5.88 Å². The molecule has 2 aromatic rings. The molecule has 0 fully saturated rings. The molecule has 0 aliphatic carbocycles. The number of nitrogen functional groups attached to an aromatic ring is 1. The smallest absolute Gasteiger partial charge is 0.222 e. The standard InChI is InChI=1S/C13H16N2O2/c1-8(2)16-12-5-4-10(6-9(12)3)11-7-13(14)17-15-11/h4-8H,14H2,1-3H3. The highest BCUT2D eigenvalue weighted by molar-refractivity contribution is 5.63. The number of rotatable bonds is 3. The topological polar surface area (TPSA) is 61.3 Å². The lowest BCUT2D eigenvalue weighted by Gasteiger charge is -2.12. The molecule has 0 atom stereocenters. The van der Waals surface area contributed by atoms with Crippen LogP contribution in [0.15, 0.2) is 28.8 Å². The Bertz CT molecular complexity index is 518. The zero-order valence-electron chi connectivity index (χ0n) is 10.2. The molecule has 0 radical (unpaired) electrons. The first-order valence-corrected chi connectivity index (χ1v) is 5.56. The molecule has 90 valence electrons. The summed E-state index contributed by atoms with van der Waals surface area (Å²) in [6.07, 6.45) is 0.169. The van der Waals surface area contributed by atoms with E-state index in [1.807, 2.05) is 39.0 Å². The molecule has 0 bridgehead atoms. The van der Waals surface area contributed by atoms with Crippen molar-refractivity contribution in [3.8, 4) is 17.0 Å². The molecule has 0 aliphatic heterocycles. The molecule has 4 nitrogen and oxygen atoms in total. The quantitative estimate of drug-likeness (QED) is 0.883. The van der Waals surface area contributed by atoms with Gasteiger partial charge < -0.3 is 15.0 Å². The Balaban J connectivity index is 2.30. The Morgan fingerprint density at radius 2 is 2.06 bits per heavy atom. The second-order valence-electron chi connectivity index (χ2n) is 4.26. The summed E-state index contributed by atoms with van der Waals surface area (Å²) in [7, 11) is 0. The summed E-state index contributed by atoms with van der Waals surface area (Å²) < 4.78 is 10.5. The van der Waals surface area contributed by atoms with Gasteiger partial charge in [-0.25, -0.2) is 0 Å². The molecule has 0 amide bonds. The average molecular weight is 232 g/mol. The Kier molecular flexibility index (Phi) is 3.04. The molecule has 1 aromatic heterocycles. The minimum Gasteiger partial charge on any atom is -0.491 e. The van der Waals surface area contributed by atoms with Crippen LogP contribution in [0.3, 0.4) is 0 Å². The number of hydrogen-bond donors (Lipinski definition) is 1. The van der Waals surface area contributed by atoms with Gasteiger partial charge in [-0.05, 0) is 44.5 Å². The zero-order valence-corrected chi connectivity index (χ0v) is 10.2. The highest BCUT2D eigenvalue weighted by Crippen LogP contribution is 2.26. The van der Waals surface area contributed by atoms with E-state index in [0.717, 1.165) is 22.6 Å². The molecule has 17 heavy (non-hydrogen) atoms. The predicted octanol–water partition coefficient (Wildman–Crippen LogP) is 3.02. The highest BCUT2D eigenvalue weighted by atomic mass is 16.5. The van der Waals surface area contributed by atoms with Crippen molar-refractivity contribution in [1.82, 2.24) is 5.16 Å². The third-order valence-corrected chi connectivity index (χ3v) is 2.36. The van der Waals surface area contributed by atoms with Crippen molar-refractivity contribution in [2.45, 2.75) is 26.9 Å². The Morgan fingerprint density at radius 3 is 2.59 bits per heavy atom. The van der Waals surface area contributed by atoms with E-state index in [9.17, 15) is 0 Å². The fourth-order valence-corrected chi connectivity index (χ4v) is 1.62. The fraction of sp³-hybridized carbons (Fsp3) is 0.308. The Morgan fingerprint density at radius 1 is 1.29 bits per heavy atom. The summed E-state index contributed by atoms with van der Waals surface area (Å²) in [6.45, 7) is 6.02. The average Bonchev–Trinajstić information content (AvgIpc) is 2.67. The van der Waals surface area contributed by atoms with Gasteiger partial charge in [-0.15, -0.1) is 0 Å². The van der Waals surface area contributed by atoms with Gasteiger partial charge in [0.1, 0.15) is 11.4 Å². The van der Waals surface area contributed by atoms with Crippen LogP contribution in [0, 0.1) is 6.92 Å². The molecule has 0 unspecified atom stereocenters.